The summed E-state index contributed by atoms with van der Waals surface area (Å²) in [6.07, 6.45) is -1.15. The van der Waals surface area contributed by atoms with Crippen LogP contribution >= 0.6 is 23.2 Å². The number of hydrogen-bond acceptors (Lipinski definition) is 4. The number of carbonyl (C=O) groups excluding carboxylic acids is 3. The SMILES string of the molecule is CCNC(=O)NC(=O)C(C)OC(=O)c1ccc(Cl)cc1Cl. The van der Waals surface area contributed by atoms with E-state index in [2.05, 4.69) is 5.32 Å². The number of nitrogens with one attached hydrogen (secondary N) is 2. The van der Waals surface area contributed by atoms with Crippen molar-refractivity contribution < 1.29 is 19.1 Å². The lowest BCUT2D eigenvalue weighted by atomic mass is 10.2. The Bertz CT molecular complexity index is 563. The minimum absolute atomic E-state index is 0.0822. The number of rotatable bonds is 4. The van der Waals surface area contributed by atoms with E-state index in [9.17, 15) is 14.4 Å². The summed E-state index contributed by atoms with van der Waals surface area (Å²) in [5.74, 6) is -1.52. The zero-order valence-electron chi connectivity index (χ0n) is 11.4. The number of imide groups is 1. The fraction of sp³-hybridized carbons (Fsp3) is 0.308. The van der Waals surface area contributed by atoms with Gasteiger partial charge in [-0.15, -0.1) is 0 Å². The van der Waals surface area contributed by atoms with Crippen LogP contribution in [0.2, 0.25) is 10.0 Å². The van der Waals surface area contributed by atoms with Gasteiger partial charge >= 0.3 is 12.0 Å². The Labute approximate surface area is 131 Å². The molecule has 1 aromatic rings. The maximum absolute atomic E-state index is 11.9. The van der Waals surface area contributed by atoms with Crippen LogP contribution in [0.15, 0.2) is 18.2 Å². The number of hydrogen-bond donors (Lipinski definition) is 2. The van der Waals surface area contributed by atoms with Gasteiger partial charge in [0.1, 0.15) is 0 Å². The molecule has 0 radical (unpaired) electrons. The van der Waals surface area contributed by atoms with Crippen molar-refractivity contribution in [3.05, 3.63) is 33.8 Å². The first-order valence-electron chi connectivity index (χ1n) is 6.09. The van der Waals surface area contributed by atoms with Crippen molar-refractivity contribution in [2.24, 2.45) is 0 Å². The average Bonchev–Trinajstić information content (AvgIpc) is 2.38. The Morgan fingerprint density at radius 1 is 1.29 bits per heavy atom. The molecule has 3 amide bonds. The van der Waals surface area contributed by atoms with E-state index in [4.69, 9.17) is 27.9 Å². The second-order valence-corrected chi connectivity index (χ2v) is 4.86. The minimum atomic E-state index is -1.15. The van der Waals surface area contributed by atoms with Gasteiger partial charge in [0.05, 0.1) is 10.6 Å². The maximum Gasteiger partial charge on any atom is 0.340 e. The highest BCUT2D eigenvalue weighted by molar-refractivity contribution is 6.36. The molecule has 0 aromatic heterocycles. The van der Waals surface area contributed by atoms with Crippen molar-refractivity contribution in [3.63, 3.8) is 0 Å². The van der Waals surface area contributed by atoms with Gasteiger partial charge in [-0.2, -0.15) is 0 Å². The lowest BCUT2D eigenvalue weighted by Crippen LogP contribution is -2.44. The smallest absolute Gasteiger partial charge is 0.340 e. The van der Waals surface area contributed by atoms with Gasteiger partial charge in [0, 0.05) is 11.6 Å². The Kier molecular flexibility index (Phi) is 6.45. The van der Waals surface area contributed by atoms with Gasteiger partial charge < -0.3 is 10.1 Å². The first kappa shape index (κ1) is 17.3. The van der Waals surface area contributed by atoms with E-state index < -0.39 is 24.0 Å². The monoisotopic (exact) mass is 332 g/mol. The van der Waals surface area contributed by atoms with Crippen LogP contribution in [-0.2, 0) is 9.53 Å². The third-order valence-corrected chi connectivity index (χ3v) is 2.93. The third-order valence-electron chi connectivity index (χ3n) is 2.38. The second-order valence-electron chi connectivity index (χ2n) is 4.02. The minimum Gasteiger partial charge on any atom is -0.449 e. The van der Waals surface area contributed by atoms with Crippen LogP contribution in [0.4, 0.5) is 4.79 Å². The van der Waals surface area contributed by atoms with Gasteiger partial charge in [-0.3, -0.25) is 10.1 Å². The summed E-state index contributed by atoms with van der Waals surface area (Å²) in [4.78, 5) is 34.7. The molecule has 0 aliphatic heterocycles. The Hall–Kier alpha value is -1.79. The zero-order chi connectivity index (χ0) is 16.0. The van der Waals surface area contributed by atoms with Gasteiger partial charge in [-0.05, 0) is 32.0 Å². The van der Waals surface area contributed by atoms with E-state index in [0.717, 1.165) is 0 Å². The van der Waals surface area contributed by atoms with Crippen LogP contribution in [0.1, 0.15) is 24.2 Å². The Morgan fingerprint density at radius 2 is 1.95 bits per heavy atom. The average molecular weight is 333 g/mol. The van der Waals surface area contributed by atoms with Gasteiger partial charge in [0.15, 0.2) is 6.10 Å². The van der Waals surface area contributed by atoms with Crippen molar-refractivity contribution in [1.82, 2.24) is 10.6 Å². The molecule has 0 bridgehead atoms. The van der Waals surface area contributed by atoms with Crippen molar-refractivity contribution >= 4 is 41.1 Å². The molecule has 1 rings (SSSR count). The number of esters is 1. The molecule has 0 fully saturated rings. The van der Waals surface area contributed by atoms with E-state index in [1.54, 1.807) is 6.92 Å². The molecule has 0 aliphatic rings. The van der Waals surface area contributed by atoms with E-state index in [1.807, 2.05) is 5.32 Å². The van der Waals surface area contributed by atoms with Crippen molar-refractivity contribution in [1.29, 1.82) is 0 Å². The van der Waals surface area contributed by atoms with Crippen molar-refractivity contribution in [3.8, 4) is 0 Å². The summed E-state index contributed by atoms with van der Waals surface area (Å²) in [5.41, 5.74) is 0.0822. The first-order chi connectivity index (χ1) is 9.85. The highest BCUT2D eigenvalue weighted by atomic mass is 35.5. The first-order valence-corrected chi connectivity index (χ1v) is 6.85. The maximum atomic E-state index is 11.9. The predicted molar refractivity (Wildman–Crippen MR) is 78.6 cm³/mol. The quantitative estimate of drug-likeness (QED) is 0.829. The van der Waals surface area contributed by atoms with Crippen LogP contribution in [0.25, 0.3) is 0 Å². The number of carbonyl (C=O) groups is 3. The van der Waals surface area contributed by atoms with E-state index in [-0.39, 0.29) is 10.6 Å². The molecule has 0 saturated carbocycles. The molecule has 0 saturated heterocycles. The molecule has 0 spiro atoms. The number of halogens is 2. The predicted octanol–water partition coefficient (Wildman–Crippen LogP) is 2.38. The number of ether oxygens (including phenoxy) is 1. The molecule has 114 valence electrons. The summed E-state index contributed by atoms with van der Waals surface area (Å²) in [7, 11) is 0. The van der Waals surface area contributed by atoms with Crippen LogP contribution < -0.4 is 10.6 Å². The topological polar surface area (TPSA) is 84.5 Å². The van der Waals surface area contributed by atoms with Crippen LogP contribution in [0.3, 0.4) is 0 Å². The fourth-order valence-electron chi connectivity index (χ4n) is 1.35. The number of urea groups is 1. The summed E-state index contributed by atoms with van der Waals surface area (Å²) in [5, 5.41) is 4.91. The van der Waals surface area contributed by atoms with Crippen molar-refractivity contribution in [2.75, 3.05) is 6.54 Å². The zero-order valence-corrected chi connectivity index (χ0v) is 12.9. The number of amides is 3. The molecular weight excluding hydrogens is 319 g/mol. The van der Waals surface area contributed by atoms with Gasteiger partial charge in [0.2, 0.25) is 0 Å². The largest absolute Gasteiger partial charge is 0.449 e. The summed E-state index contributed by atoms with van der Waals surface area (Å²) in [6, 6.07) is 3.60. The van der Waals surface area contributed by atoms with E-state index >= 15 is 0 Å². The van der Waals surface area contributed by atoms with E-state index in [1.165, 1.54) is 25.1 Å². The molecule has 8 heteroatoms. The molecule has 0 aliphatic carbocycles. The fourth-order valence-corrected chi connectivity index (χ4v) is 1.84. The summed E-state index contributed by atoms with van der Waals surface area (Å²) >= 11 is 11.6. The van der Waals surface area contributed by atoms with Gasteiger partial charge in [-0.1, -0.05) is 23.2 Å². The van der Waals surface area contributed by atoms with Crippen LogP contribution in [0.5, 0.6) is 0 Å². The molecule has 1 unspecified atom stereocenters. The highest BCUT2D eigenvalue weighted by Gasteiger charge is 2.21. The second kappa shape index (κ2) is 7.85. The van der Waals surface area contributed by atoms with Gasteiger partial charge in [0.25, 0.3) is 5.91 Å². The lowest BCUT2D eigenvalue weighted by molar-refractivity contribution is -0.127. The molecule has 2 N–H and O–H groups in total. The van der Waals surface area contributed by atoms with Crippen LogP contribution in [-0.4, -0.2) is 30.6 Å². The Morgan fingerprint density at radius 3 is 2.52 bits per heavy atom. The standard InChI is InChI=1S/C13H14Cl2N2O4/c1-3-16-13(20)17-11(18)7(2)21-12(19)9-5-4-8(14)6-10(9)15/h4-7H,3H2,1-2H3,(H2,16,17,18,20). The number of benzene rings is 1. The summed E-state index contributed by atoms with van der Waals surface area (Å²) in [6.45, 7) is 3.42. The Balaban J connectivity index is 2.65. The molecule has 1 atom stereocenters. The molecule has 0 heterocycles. The third kappa shape index (κ3) is 5.24. The van der Waals surface area contributed by atoms with E-state index in [0.29, 0.717) is 11.6 Å². The van der Waals surface area contributed by atoms with Crippen LogP contribution in [0, 0.1) is 0 Å². The normalized spacial score (nSPS) is 11.4. The van der Waals surface area contributed by atoms with Gasteiger partial charge in [-0.25, -0.2) is 9.59 Å². The highest BCUT2D eigenvalue weighted by Crippen LogP contribution is 2.22. The molecular formula is C13H14Cl2N2O4. The molecule has 1 aromatic carbocycles. The molecule has 6 nitrogen and oxygen atoms in total. The lowest BCUT2D eigenvalue weighted by Gasteiger charge is -2.13. The van der Waals surface area contributed by atoms with Crippen molar-refractivity contribution in [2.45, 2.75) is 20.0 Å². The summed E-state index contributed by atoms with van der Waals surface area (Å²) < 4.78 is 4.94. The molecule has 21 heavy (non-hydrogen) atoms.